The van der Waals surface area contributed by atoms with Gasteiger partial charge in [-0.25, -0.2) is 0 Å². The van der Waals surface area contributed by atoms with E-state index in [1.54, 1.807) is 26.8 Å². The summed E-state index contributed by atoms with van der Waals surface area (Å²) in [7, 11) is 0. The van der Waals surface area contributed by atoms with Gasteiger partial charge in [-0.15, -0.1) is 0 Å². The lowest BCUT2D eigenvalue weighted by atomic mass is 9.65. The summed E-state index contributed by atoms with van der Waals surface area (Å²) in [6.07, 6.45) is 2.06. The molecule has 0 aromatic rings. The molecule has 0 saturated carbocycles. The van der Waals surface area contributed by atoms with Crippen LogP contribution in [0.4, 0.5) is 0 Å². The van der Waals surface area contributed by atoms with Gasteiger partial charge in [0.15, 0.2) is 5.60 Å². The molecule has 5 heterocycles. The van der Waals surface area contributed by atoms with E-state index in [1.807, 2.05) is 13.8 Å². The first-order valence-electron chi connectivity index (χ1n) is 9.39. The fourth-order valence-corrected chi connectivity index (χ4v) is 5.42. The molecule has 7 nitrogen and oxygen atoms in total. The SMILES string of the molecule is C/C1=C/[C@H]2OC(=O)[C@@]3(C)[C@@H]2[C@H](C[C@@]2(C)OC1=CC2=O)O[C@]3(O)[C@@]1(C)O[C@H]1C. The number of hydrogen-bond acceptors (Lipinski definition) is 7. The summed E-state index contributed by atoms with van der Waals surface area (Å²) in [4.78, 5) is 25.6. The van der Waals surface area contributed by atoms with Crippen LogP contribution in [-0.4, -0.2) is 52.2 Å². The summed E-state index contributed by atoms with van der Waals surface area (Å²) in [6, 6.07) is 0. The summed E-state index contributed by atoms with van der Waals surface area (Å²) < 4.78 is 23.5. The third-order valence-electron chi connectivity index (χ3n) is 7.44. The van der Waals surface area contributed by atoms with Crippen LogP contribution >= 0.6 is 0 Å². The molecule has 0 aromatic heterocycles. The number of ketones is 1. The highest BCUT2D eigenvalue weighted by Gasteiger charge is 2.83. The number of ether oxygens (including phenoxy) is 4. The topological polar surface area (TPSA) is 94.6 Å². The summed E-state index contributed by atoms with van der Waals surface area (Å²) >= 11 is 0. The molecule has 7 heteroatoms. The van der Waals surface area contributed by atoms with Gasteiger partial charge in [0.05, 0.1) is 12.2 Å². The molecule has 5 aliphatic heterocycles. The molecule has 3 saturated heterocycles. The fourth-order valence-electron chi connectivity index (χ4n) is 5.42. The molecular weight excluding hydrogens is 352 g/mol. The first kappa shape index (κ1) is 17.4. The lowest BCUT2D eigenvalue weighted by Crippen LogP contribution is -2.58. The summed E-state index contributed by atoms with van der Waals surface area (Å²) in [6.45, 7) is 8.81. The average molecular weight is 376 g/mol. The second-order valence-electron chi connectivity index (χ2n) is 9.03. The Hall–Kier alpha value is -1.70. The molecule has 2 bridgehead atoms. The number of hydrogen-bond donors (Lipinski definition) is 1. The first-order valence-corrected chi connectivity index (χ1v) is 9.39. The van der Waals surface area contributed by atoms with Gasteiger partial charge >= 0.3 is 5.97 Å². The maximum atomic E-state index is 13.0. The number of rotatable bonds is 1. The van der Waals surface area contributed by atoms with E-state index >= 15 is 0 Å². The molecule has 0 aromatic carbocycles. The molecule has 0 spiro atoms. The van der Waals surface area contributed by atoms with Crippen molar-refractivity contribution in [2.75, 3.05) is 0 Å². The van der Waals surface area contributed by atoms with Gasteiger partial charge in [-0.3, -0.25) is 9.59 Å². The van der Waals surface area contributed by atoms with Crippen LogP contribution in [-0.2, 0) is 28.5 Å². The highest BCUT2D eigenvalue weighted by molar-refractivity contribution is 6.00. The number of epoxide rings is 1. The number of carbonyl (C=O) groups is 2. The molecule has 8 atom stereocenters. The van der Waals surface area contributed by atoms with E-state index in [-0.39, 0.29) is 18.3 Å². The van der Waals surface area contributed by atoms with Crippen molar-refractivity contribution in [2.24, 2.45) is 11.3 Å². The quantitative estimate of drug-likeness (QED) is 0.546. The minimum atomic E-state index is -1.85. The van der Waals surface area contributed by atoms with Crippen LogP contribution in [0.15, 0.2) is 23.5 Å². The molecule has 1 N–H and O–H groups in total. The van der Waals surface area contributed by atoms with Crippen molar-refractivity contribution >= 4 is 11.8 Å². The number of carbonyl (C=O) groups excluding carboxylic acids is 2. The normalized spacial score (nSPS) is 57.6. The second kappa shape index (κ2) is 4.64. The maximum absolute atomic E-state index is 13.0. The Kier molecular flexibility index (Phi) is 2.99. The highest BCUT2D eigenvalue weighted by atomic mass is 16.7. The summed E-state index contributed by atoms with van der Waals surface area (Å²) in [5.41, 5.74) is -2.70. The van der Waals surface area contributed by atoms with Gasteiger partial charge in [-0.05, 0) is 46.3 Å². The Bertz CT molecular complexity index is 845. The van der Waals surface area contributed by atoms with Crippen molar-refractivity contribution in [2.45, 2.75) is 76.3 Å². The van der Waals surface area contributed by atoms with Crippen molar-refractivity contribution in [1.29, 1.82) is 0 Å². The zero-order valence-electron chi connectivity index (χ0n) is 16.1. The van der Waals surface area contributed by atoms with Gasteiger partial charge in [-0.2, -0.15) is 0 Å². The molecule has 0 unspecified atom stereocenters. The Morgan fingerprint density at radius 1 is 1.19 bits per heavy atom. The van der Waals surface area contributed by atoms with Gasteiger partial charge in [0.25, 0.3) is 0 Å². The van der Waals surface area contributed by atoms with Crippen LogP contribution in [0.25, 0.3) is 0 Å². The minimum Gasteiger partial charge on any atom is -0.479 e. The Morgan fingerprint density at radius 3 is 2.48 bits per heavy atom. The van der Waals surface area contributed by atoms with Gasteiger partial charge in [0.1, 0.15) is 22.9 Å². The second-order valence-corrected chi connectivity index (χ2v) is 9.03. The number of aliphatic hydroxyl groups is 1. The lowest BCUT2D eigenvalue weighted by Gasteiger charge is -2.37. The molecule has 5 aliphatic rings. The largest absolute Gasteiger partial charge is 0.479 e. The van der Waals surface area contributed by atoms with Crippen molar-refractivity contribution < 1.29 is 33.6 Å². The van der Waals surface area contributed by atoms with Crippen LogP contribution in [0.3, 0.4) is 0 Å². The minimum absolute atomic E-state index is 0.142. The Morgan fingerprint density at radius 2 is 1.85 bits per heavy atom. The van der Waals surface area contributed by atoms with Crippen LogP contribution in [0.2, 0.25) is 0 Å². The first-order chi connectivity index (χ1) is 12.5. The van der Waals surface area contributed by atoms with Crippen molar-refractivity contribution in [1.82, 2.24) is 0 Å². The van der Waals surface area contributed by atoms with Crippen molar-refractivity contribution in [3.63, 3.8) is 0 Å². The van der Waals surface area contributed by atoms with Gasteiger partial charge in [0, 0.05) is 18.4 Å². The Balaban J connectivity index is 1.68. The third kappa shape index (κ3) is 1.78. The molecule has 0 amide bonds. The lowest BCUT2D eigenvalue weighted by molar-refractivity contribution is -0.271. The van der Waals surface area contributed by atoms with Gasteiger partial charge in [-0.1, -0.05) is 0 Å². The molecule has 0 radical (unpaired) electrons. The average Bonchev–Trinajstić information content (AvgIpc) is 2.82. The van der Waals surface area contributed by atoms with Gasteiger partial charge in [0.2, 0.25) is 11.6 Å². The van der Waals surface area contributed by atoms with Crippen LogP contribution in [0, 0.1) is 11.3 Å². The molecule has 3 fully saturated rings. The Labute approximate surface area is 157 Å². The van der Waals surface area contributed by atoms with E-state index in [0.29, 0.717) is 5.76 Å². The summed E-state index contributed by atoms with van der Waals surface area (Å²) in [5, 5.41) is 11.6. The predicted molar refractivity (Wildman–Crippen MR) is 91.2 cm³/mol. The van der Waals surface area contributed by atoms with E-state index < -0.39 is 46.5 Å². The monoisotopic (exact) mass is 376 g/mol. The number of allylic oxidation sites excluding steroid dienone is 1. The van der Waals surface area contributed by atoms with Crippen molar-refractivity contribution in [3.05, 3.63) is 23.5 Å². The van der Waals surface area contributed by atoms with Gasteiger partial charge < -0.3 is 24.1 Å². The van der Waals surface area contributed by atoms with E-state index in [1.165, 1.54) is 6.08 Å². The van der Waals surface area contributed by atoms with E-state index in [4.69, 9.17) is 18.9 Å². The van der Waals surface area contributed by atoms with Crippen LogP contribution in [0.5, 0.6) is 0 Å². The van der Waals surface area contributed by atoms with E-state index in [9.17, 15) is 14.7 Å². The molecular formula is C20H24O7. The molecule has 5 rings (SSSR count). The van der Waals surface area contributed by atoms with E-state index in [2.05, 4.69) is 0 Å². The predicted octanol–water partition coefficient (Wildman–Crippen LogP) is 1.39. The zero-order valence-corrected chi connectivity index (χ0v) is 16.1. The fraction of sp³-hybridized carbons (Fsp3) is 0.700. The zero-order chi connectivity index (χ0) is 19.6. The third-order valence-corrected chi connectivity index (χ3v) is 7.44. The smallest absolute Gasteiger partial charge is 0.318 e. The molecule has 27 heavy (non-hydrogen) atoms. The van der Waals surface area contributed by atoms with E-state index in [0.717, 1.165) is 5.57 Å². The van der Waals surface area contributed by atoms with Crippen molar-refractivity contribution in [3.8, 4) is 0 Å². The number of fused-ring (bicyclic) bond motifs is 2. The summed E-state index contributed by atoms with van der Waals surface area (Å²) in [5.74, 6) is -2.46. The number of esters is 1. The molecule has 146 valence electrons. The maximum Gasteiger partial charge on any atom is 0.318 e. The standard InChI is InChI=1S/C20H24O7/c1-9-6-12-15-13(8-17(3)14(21)7-11(9)26-17)27-20(23,19(5)10(2)25-19)18(15,4)16(22)24-12/h6-7,10,12-13,15,23H,8H2,1-5H3/b9-6-/t10-,12+,13-,15-,17+,18+,19-,20-/m0/s1. The van der Waals surface area contributed by atoms with Crippen LogP contribution in [0.1, 0.15) is 41.0 Å². The van der Waals surface area contributed by atoms with Crippen LogP contribution < -0.4 is 0 Å². The highest BCUT2D eigenvalue weighted by Crippen LogP contribution is 2.66. The molecule has 0 aliphatic carbocycles.